The molecule has 3 rings (SSSR count). The van der Waals surface area contributed by atoms with E-state index in [1.807, 2.05) is 13.8 Å². The summed E-state index contributed by atoms with van der Waals surface area (Å²) in [7, 11) is -3.42. The minimum Gasteiger partial charge on any atom is -0.363 e. The lowest BCUT2D eigenvalue weighted by Gasteiger charge is -2.43. The molecule has 0 spiro atoms. The van der Waals surface area contributed by atoms with Crippen molar-refractivity contribution in [1.29, 1.82) is 0 Å². The summed E-state index contributed by atoms with van der Waals surface area (Å²) in [6.07, 6.45) is -2.32. The van der Waals surface area contributed by atoms with Gasteiger partial charge in [-0.1, -0.05) is 53.9 Å². The zero-order valence-electron chi connectivity index (χ0n) is 27.9. The molecular weight excluding hydrogens is 643 g/mol. The van der Waals surface area contributed by atoms with Crippen molar-refractivity contribution in [3.8, 4) is 0 Å². The van der Waals surface area contributed by atoms with Crippen molar-refractivity contribution in [1.82, 2.24) is 20.9 Å². The molecule has 2 heterocycles. The maximum atomic E-state index is 14.2. The Morgan fingerprint density at radius 1 is 0.957 bits per heavy atom. The van der Waals surface area contributed by atoms with E-state index >= 15 is 0 Å². The van der Waals surface area contributed by atoms with E-state index < -0.39 is 98.6 Å². The van der Waals surface area contributed by atoms with Gasteiger partial charge in [0.2, 0.25) is 17.6 Å². The van der Waals surface area contributed by atoms with Gasteiger partial charge in [-0.2, -0.15) is 13.2 Å². The number of hydrogen-bond acceptors (Lipinski definition) is 7. The monoisotopic (exact) mass is 693 g/mol. The summed E-state index contributed by atoms with van der Waals surface area (Å²) in [4.78, 5) is 66.8. The van der Waals surface area contributed by atoms with Crippen LogP contribution < -0.4 is 21.7 Å². The molecule has 0 bridgehead atoms. The number of hydrogen-bond donors (Lipinski definition) is 4. The average molecular weight is 694 g/mol. The number of Topliss-reactive ketones (excluding diaryl/α,β-unsaturated/α-hetero) is 1. The van der Waals surface area contributed by atoms with E-state index in [2.05, 4.69) is 16.0 Å². The van der Waals surface area contributed by atoms with E-state index in [9.17, 15) is 45.6 Å². The van der Waals surface area contributed by atoms with Crippen LogP contribution in [0.25, 0.3) is 0 Å². The van der Waals surface area contributed by atoms with Crippen molar-refractivity contribution in [2.24, 2.45) is 23.0 Å². The first-order valence-electron chi connectivity index (χ1n) is 16.4. The highest BCUT2D eigenvalue weighted by Crippen LogP contribution is 2.40. The smallest absolute Gasteiger partial charge is 0.363 e. The van der Waals surface area contributed by atoms with E-state index in [0.29, 0.717) is 32.1 Å². The summed E-state index contributed by atoms with van der Waals surface area (Å²) in [5.74, 6) is -4.95. The largest absolute Gasteiger partial charge is 0.389 e. The Morgan fingerprint density at radius 3 is 2.06 bits per heavy atom. The molecule has 16 heteroatoms. The van der Waals surface area contributed by atoms with Crippen LogP contribution in [0.1, 0.15) is 98.8 Å². The first-order valence-corrected chi connectivity index (χ1v) is 18.1. The van der Waals surface area contributed by atoms with Gasteiger partial charge in [0.15, 0.2) is 9.84 Å². The second kappa shape index (κ2) is 14.7. The van der Waals surface area contributed by atoms with Crippen molar-refractivity contribution in [2.45, 2.75) is 134 Å². The van der Waals surface area contributed by atoms with Crippen LogP contribution in [-0.4, -0.2) is 90.2 Å². The fourth-order valence-corrected chi connectivity index (χ4v) is 9.79. The summed E-state index contributed by atoms with van der Waals surface area (Å²) in [6, 6.07) is -4.94. The zero-order chi connectivity index (χ0) is 35.5. The average Bonchev–Trinajstić information content (AvgIpc) is 3.56. The molecule has 2 unspecified atom stereocenters. The third-order valence-electron chi connectivity index (χ3n) is 9.89. The molecule has 5 atom stereocenters. The van der Waals surface area contributed by atoms with Crippen LogP contribution in [0.4, 0.5) is 18.0 Å². The summed E-state index contributed by atoms with van der Waals surface area (Å²) in [6.45, 7) is 8.90. The Hall–Kier alpha value is -2.91. The second-order valence-electron chi connectivity index (χ2n) is 14.7. The van der Waals surface area contributed by atoms with Crippen molar-refractivity contribution in [3.05, 3.63) is 0 Å². The SMILES string of the molecule is CC(C)[C@H]1CCN(C(=O)[C@@H](NC(=O)NC2(C3CCCS3(=O)=O)CCCCC2)C(C)(C)C)[C@@H]1C(=O)NC(CCC(F)(F)F)C(=O)C(N)=O. The fourth-order valence-electron chi connectivity index (χ4n) is 7.43. The highest BCUT2D eigenvalue weighted by atomic mass is 32.2. The number of carbonyl (C=O) groups is 5. The van der Waals surface area contributed by atoms with Crippen molar-refractivity contribution < 1.29 is 45.6 Å². The van der Waals surface area contributed by atoms with Gasteiger partial charge in [0.05, 0.1) is 22.6 Å². The fraction of sp³-hybridized carbons (Fsp3) is 0.839. The number of ketones is 1. The Labute approximate surface area is 274 Å². The van der Waals surface area contributed by atoms with E-state index in [4.69, 9.17) is 5.73 Å². The van der Waals surface area contributed by atoms with Gasteiger partial charge in [0.1, 0.15) is 12.1 Å². The summed E-state index contributed by atoms with van der Waals surface area (Å²) in [5.41, 5.74) is 3.20. The molecule has 0 radical (unpaired) electrons. The number of rotatable bonds is 11. The van der Waals surface area contributed by atoms with Crippen LogP contribution in [0, 0.1) is 17.3 Å². The van der Waals surface area contributed by atoms with Gasteiger partial charge in [0, 0.05) is 13.0 Å². The number of alkyl halides is 3. The number of halogens is 3. The van der Waals surface area contributed by atoms with Gasteiger partial charge in [0.25, 0.3) is 5.91 Å². The van der Waals surface area contributed by atoms with E-state index in [-0.39, 0.29) is 18.2 Å². The molecule has 1 saturated carbocycles. The molecule has 0 aromatic carbocycles. The number of sulfone groups is 1. The minimum atomic E-state index is -4.67. The number of carbonyl (C=O) groups excluding carboxylic acids is 5. The second-order valence-corrected chi connectivity index (χ2v) is 17.0. The van der Waals surface area contributed by atoms with E-state index in [1.54, 1.807) is 20.8 Å². The molecule has 2 aliphatic heterocycles. The molecule has 3 fully saturated rings. The first-order chi connectivity index (χ1) is 21.6. The minimum absolute atomic E-state index is 0.0589. The summed E-state index contributed by atoms with van der Waals surface area (Å²) < 4.78 is 64.9. The standard InChI is InChI=1S/C31H50F3N5O7S/c1-18(2)19-12-16-39(22(19)26(42)36-20(23(40)25(35)41)11-15-31(32,33)34)27(43)24(29(3,4)5)37-28(44)38-30(13-7-6-8-14-30)21-10-9-17-47(21,45)46/h18-22,24H,6-17H2,1-5H3,(H2,35,41)(H,36,42)(H2,37,38,44)/t19-,20?,21?,22+,24-/m1/s1. The van der Waals surface area contributed by atoms with Crippen molar-refractivity contribution in [2.75, 3.05) is 12.3 Å². The lowest BCUT2D eigenvalue weighted by molar-refractivity contribution is -0.147. The zero-order valence-corrected chi connectivity index (χ0v) is 28.7. The lowest BCUT2D eigenvalue weighted by atomic mass is 9.78. The van der Waals surface area contributed by atoms with Crippen LogP contribution in [-0.2, 0) is 29.0 Å². The molecule has 12 nitrogen and oxygen atoms in total. The highest BCUT2D eigenvalue weighted by molar-refractivity contribution is 7.92. The number of amides is 5. The number of urea groups is 1. The van der Waals surface area contributed by atoms with Gasteiger partial charge in [-0.05, 0) is 55.8 Å². The third kappa shape index (κ3) is 9.38. The molecule has 5 N–H and O–H groups in total. The topological polar surface area (TPSA) is 185 Å². The quantitative estimate of drug-likeness (QED) is 0.240. The Kier molecular flexibility index (Phi) is 12.0. The van der Waals surface area contributed by atoms with Crippen molar-refractivity contribution in [3.63, 3.8) is 0 Å². The van der Waals surface area contributed by atoms with Gasteiger partial charge in [-0.15, -0.1) is 0 Å². The summed E-state index contributed by atoms with van der Waals surface area (Å²) in [5, 5.41) is 7.26. The van der Waals surface area contributed by atoms with Crippen LogP contribution in [0.5, 0.6) is 0 Å². The molecule has 268 valence electrons. The molecule has 3 aliphatic rings. The van der Waals surface area contributed by atoms with Gasteiger partial charge in [-0.25, -0.2) is 13.2 Å². The summed E-state index contributed by atoms with van der Waals surface area (Å²) >= 11 is 0. The number of nitrogens with zero attached hydrogens (tertiary/aromatic N) is 1. The predicted molar refractivity (Wildman–Crippen MR) is 167 cm³/mol. The number of nitrogens with two attached hydrogens (primary N) is 1. The molecular formula is C31H50F3N5O7S. The van der Waals surface area contributed by atoms with E-state index in [0.717, 1.165) is 19.3 Å². The maximum absolute atomic E-state index is 14.2. The first kappa shape index (κ1) is 38.5. The Bertz CT molecular complexity index is 1310. The van der Waals surface area contributed by atoms with Gasteiger partial charge >= 0.3 is 12.2 Å². The van der Waals surface area contributed by atoms with Crippen LogP contribution in [0.15, 0.2) is 0 Å². The highest BCUT2D eigenvalue weighted by Gasteiger charge is 2.51. The number of likely N-dealkylation sites (tertiary alicyclic amines) is 1. The number of nitrogens with one attached hydrogen (secondary N) is 3. The normalized spacial score (nSPS) is 25.6. The van der Waals surface area contributed by atoms with Crippen molar-refractivity contribution >= 4 is 39.4 Å². The predicted octanol–water partition coefficient (Wildman–Crippen LogP) is 2.74. The van der Waals surface area contributed by atoms with Crippen LogP contribution >= 0.6 is 0 Å². The molecule has 1 aliphatic carbocycles. The third-order valence-corrected chi connectivity index (χ3v) is 12.3. The molecule has 0 aromatic heterocycles. The van der Waals surface area contributed by atoms with E-state index in [1.165, 1.54) is 4.90 Å². The molecule has 47 heavy (non-hydrogen) atoms. The Balaban J connectivity index is 1.88. The van der Waals surface area contributed by atoms with Gasteiger partial charge in [-0.3, -0.25) is 19.2 Å². The van der Waals surface area contributed by atoms with Crippen LogP contribution in [0.2, 0.25) is 0 Å². The Morgan fingerprint density at radius 2 is 1.57 bits per heavy atom. The maximum Gasteiger partial charge on any atom is 0.389 e. The molecule has 2 saturated heterocycles. The molecule has 0 aromatic rings. The lowest BCUT2D eigenvalue weighted by Crippen LogP contribution is -2.65. The van der Waals surface area contributed by atoms with Crippen LogP contribution in [0.3, 0.4) is 0 Å². The van der Waals surface area contributed by atoms with Gasteiger partial charge < -0.3 is 26.6 Å². The number of primary amides is 1. The molecule has 5 amide bonds.